The molecule has 0 bridgehead atoms. The van der Waals surface area contributed by atoms with E-state index in [-0.39, 0.29) is 25.0 Å². The number of hydrogen-bond donors (Lipinski definition) is 2. The van der Waals surface area contributed by atoms with Crippen LogP contribution in [-0.2, 0) is 4.79 Å². The predicted molar refractivity (Wildman–Crippen MR) is 134 cm³/mol. The van der Waals surface area contributed by atoms with E-state index in [1.54, 1.807) is 25.3 Å². The molecule has 1 amide bonds. The van der Waals surface area contributed by atoms with E-state index in [1.807, 2.05) is 43.3 Å². The van der Waals surface area contributed by atoms with Gasteiger partial charge in [-0.3, -0.25) is 4.79 Å². The minimum Gasteiger partial charge on any atom is -0.497 e. The summed E-state index contributed by atoms with van der Waals surface area (Å²) < 4.78 is 22.5. The van der Waals surface area contributed by atoms with Crippen LogP contribution in [0.4, 0.5) is 0 Å². The molecule has 2 aromatic carbocycles. The topological polar surface area (TPSA) is 147 Å². The minimum absolute atomic E-state index is 0.155. The molecule has 188 valence electrons. The van der Waals surface area contributed by atoms with E-state index in [0.29, 0.717) is 46.5 Å². The SMILES string of the molecule is COc1ccc(-c2c(C=CCCC(N)=O)c(C)nc(Oc3ccc4c(c3)OCO4)c2-c2nn[nH]n2)cc1. The average Bonchev–Trinajstić information content (AvgIpc) is 3.59. The number of rotatable bonds is 9. The molecule has 2 aromatic heterocycles. The number of pyridine rings is 1. The zero-order valence-corrected chi connectivity index (χ0v) is 20.2. The van der Waals surface area contributed by atoms with Crippen molar-refractivity contribution in [2.75, 3.05) is 13.9 Å². The van der Waals surface area contributed by atoms with Crippen LogP contribution in [-0.4, -0.2) is 45.4 Å². The highest BCUT2D eigenvalue weighted by atomic mass is 16.7. The van der Waals surface area contributed by atoms with Gasteiger partial charge in [0.2, 0.25) is 24.4 Å². The van der Waals surface area contributed by atoms with Gasteiger partial charge in [-0.1, -0.05) is 24.3 Å². The van der Waals surface area contributed by atoms with Crippen molar-refractivity contribution in [2.45, 2.75) is 19.8 Å². The van der Waals surface area contributed by atoms with Crippen molar-refractivity contribution in [2.24, 2.45) is 5.73 Å². The molecule has 0 aliphatic carbocycles. The Morgan fingerprint density at radius 1 is 1.11 bits per heavy atom. The number of ether oxygens (including phenoxy) is 4. The Morgan fingerprint density at radius 2 is 1.89 bits per heavy atom. The van der Waals surface area contributed by atoms with Gasteiger partial charge in [0.05, 0.1) is 12.7 Å². The van der Waals surface area contributed by atoms with Crippen LogP contribution in [0.15, 0.2) is 48.5 Å². The van der Waals surface area contributed by atoms with Crippen molar-refractivity contribution in [3.8, 4) is 51.4 Å². The molecule has 11 heteroatoms. The fourth-order valence-corrected chi connectivity index (χ4v) is 3.98. The number of benzene rings is 2. The predicted octanol–water partition coefficient (Wildman–Crippen LogP) is 4.05. The maximum Gasteiger partial charge on any atom is 0.231 e. The van der Waals surface area contributed by atoms with E-state index in [2.05, 4.69) is 20.6 Å². The first-order valence-corrected chi connectivity index (χ1v) is 11.5. The maximum absolute atomic E-state index is 11.2. The van der Waals surface area contributed by atoms with Gasteiger partial charge in [0.15, 0.2) is 11.5 Å². The van der Waals surface area contributed by atoms with Crippen LogP contribution in [0.3, 0.4) is 0 Å². The summed E-state index contributed by atoms with van der Waals surface area (Å²) >= 11 is 0. The Bertz CT molecular complexity index is 1450. The van der Waals surface area contributed by atoms with Crippen LogP contribution >= 0.6 is 0 Å². The summed E-state index contributed by atoms with van der Waals surface area (Å²) in [5.41, 5.74) is 9.00. The highest BCUT2D eigenvalue weighted by Crippen LogP contribution is 2.44. The molecule has 1 aliphatic heterocycles. The first-order chi connectivity index (χ1) is 18.0. The first-order valence-electron chi connectivity index (χ1n) is 11.5. The number of hydrogen-bond acceptors (Lipinski definition) is 9. The Hall–Kier alpha value is -4.93. The van der Waals surface area contributed by atoms with Crippen LogP contribution in [0, 0.1) is 6.92 Å². The lowest BCUT2D eigenvalue weighted by molar-refractivity contribution is -0.117. The van der Waals surface area contributed by atoms with Crippen molar-refractivity contribution >= 4 is 12.0 Å². The van der Waals surface area contributed by atoms with Crippen molar-refractivity contribution in [1.82, 2.24) is 25.6 Å². The molecule has 11 nitrogen and oxygen atoms in total. The standard InChI is InChI=1S/C26H24N6O5/c1-15-19(5-3-4-6-22(27)33)23(16-7-9-17(34-2)10-8-16)24(25-29-31-32-30-25)26(28-15)37-18-11-12-20-21(13-18)36-14-35-20/h3,5,7-13H,4,6,14H2,1-2H3,(H2,27,33)(H,29,30,31,32). The minimum atomic E-state index is -0.366. The lowest BCUT2D eigenvalue weighted by Crippen LogP contribution is -2.08. The van der Waals surface area contributed by atoms with E-state index < -0.39 is 0 Å². The molecule has 0 spiro atoms. The Labute approximate surface area is 212 Å². The van der Waals surface area contributed by atoms with E-state index in [9.17, 15) is 4.79 Å². The summed E-state index contributed by atoms with van der Waals surface area (Å²) in [5.74, 6) is 2.68. The third-order valence-electron chi connectivity index (χ3n) is 5.74. The average molecular weight is 501 g/mol. The zero-order valence-electron chi connectivity index (χ0n) is 20.2. The van der Waals surface area contributed by atoms with Gasteiger partial charge in [-0.25, -0.2) is 4.98 Å². The second-order valence-corrected chi connectivity index (χ2v) is 8.15. The summed E-state index contributed by atoms with van der Waals surface area (Å²) in [6.45, 7) is 2.04. The van der Waals surface area contributed by atoms with Crippen LogP contribution < -0.4 is 24.7 Å². The van der Waals surface area contributed by atoms with Gasteiger partial charge in [-0.15, -0.1) is 10.2 Å². The number of fused-ring (bicyclic) bond motifs is 1. The zero-order chi connectivity index (χ0) is 25.8. The van der Waals surface area contributed by atoms with Gasteiger partial charge in [-0.05, 0) is 48.4 Å². The number of nitrogens with zero attached hydrogens (tertiary/aromatic N) is 4. The summed E-state index contributed by atoms with van der Waals surface area (Å²) in [6.07, 6.45) is 4.53. The lowest BCUT2D eigenvalue weighted by Gasteiger charge is -2.18. The third kappa shape index (κ3) is 5.06. The Kier molecular flexibility index (Phi) is 6.66. The van der Waals surface area contributed by atoms with Crippen LogP contribution in [0.2, 0.25) is 0 Å². The molecule has 37 heavy (non-hydrogen) atoms. The highest BCUT2D eigenvalue weighted by molar-refractivity contribution is 5.91. The molecular weight excluding hydrogens is 476 g/mol. The van der Waals surface area contributed by atoms with Crippen molar-refractivity contribution in [1.29, 1.82) is 0 Å². The van der Waals surface area contributed by atoms with E-state index in [1.165, 1.54) is 0 Å². The van der Waals surface area contributed by atoms with Gasteiger partial charge >= 0.3 is 0 Å². The second kappa shape index (κ2) is 10.4. The fourth-order valence-electron chi connectivity index (χ4n) is 3.98. The number of primary amides is 1. The number of tetrazole rings is 1. The number of carbonyl (C=O) groups is 1. The number of aromatic amines is 1. The Morgan fingerprint density at radius 3 is 2.62 bits per heavy atom. The molecule has 0 unspecified atom stereocenters. The molecule has 3 N–H and O–H groups in total. The van der Waals surface area contributed by atoms with Gasteiger partial charge in [0.1, 0.15) is 11.5 Å². The van der Waals surface area contributed by atoms with Crippen molar-refractivity contribution in [3.05, 3.63) is 59.8 Å². The molecular formula is C26H24N6O5. The molecule has 3 heterocycles. The number of nitrogens with two attached hydrogens (primary N) is 1. The molecule has 1 aliphatic rings. The van der Waals surface area contributed by atoms with Crippen molar-refractivity contribution < 1.29 is 23.7 Å². The molecule has 4 aromatic rings. The number of amides is 1. The third-order valence-corrected chi connectivity index (χ3v) is 5.74. The number of methoxy groups -OCH3 is 1. The summed E-state index contributed by atoms with van der Waals surface area (Å²) in [6, 6.07) is 12.9. The number of aromatic nitrogens is 5. The number of carbonyl (C=O) groups excluding carboxylic acids is 1. The Balaban J connectivity index is 1.68. The largest absolute Gasteiger partial charge is 0.497 e. The van der Waals surface area contributed by atoms with Crippen LogP contribution in [0.5, 0.6) is 28.9 Å². The van der Waals surface area contributed by atoms with Crippen molar-refractivity contribution in [3.63, 3.8) is 0 Å². The summed E-state index contributed by atoms with van der Waals surface area (Å²) in [4.78, 5) is 16.0. The summed E-state index contributed by atoms with van der Waals surface area (Å²) in [5, 5.41) is 14.7. The first kappa shape index (κ1) is 23.8. The molecule has 0 radical (unpaired) electrons. The fraction of sp³-hybridized carbons (Fsp3) is 0.192. The number of allylic oxidation sites excluding steroid dienone is 1. The molecule has 0 atom stereocenters. The quantitative estimate of drug-likeness (QED) is 0.347. The van der Waals surface area contributed by atoms with Gasteiger partial charge in [0.25, 0.3) is 0 Å². The number of nitrogens with one attached hydrogen (secondary N) is 1. The molecule has 0 saturated carbocycles. The highest BCUT2D eigenvalue weighted by Gasteiger charge is 2.25. The van der Waals surface area contributed by atoms with E-state index >= 15 is 0 Å². The van der Waals surface area contributed by atoms with E-state index in [4.69, 9.17) is 29.7 Å². The normalized spacial score (nSPS) is 12.2. The summed E-state index contributed by atoms with van der Waals surface area (Å²) in [7, 11) is 1.61. The van der Waals surface area contributed by atoms with Gasteiger partial charge in [0, 0.05) is 29.3 Å². The second-order valence-electron chi connectivity index (χ2n) is 8.15. The maximum atomic E-state index is 11.2. The monoisotopic (exact) mass is 500 g/mol. The van der Waals surface area contributed by atoms with Gasteiger partial charge in [-0.2, -0.15) is 5.21 Å². The van der Waals surface area contributed by atoms with Gasteiger partial charge < -0.3 is 24.7 Å². The van der Waals surface area contributed by atoms with Crippen LogP contribution in [0.1, 0.15) is 24.1 Å². The van der Waals surface area contributed by atoms with E-state index in [0.717, 1.165) is 16.7 Å². The number of H-pyrrole nitrogens is 1. The molecule has 0 saturated heterocycles. The number of aryl methyl sites for hydroxylation is 1. The lowest BCUT2D eigenvalue weighted by atomic mass is 9.93. The smallest absolute Gasteiger partial charge is 0.231 e. The van der Waals surface area contributed by atoms with Crippen LogP contribution in [0.25, 0.3) is 28.6 Å². The molecule has 5 rings (SSSR count). The molecule has 0 fully saturated rings.